The van der Waals surface area contributed by atoms with Crippen molar-refractivity contribution >= 4 is 35.2 Å². The van der Waals surface area contributed by atoms with Gasteiger partial charge in [0.15, 0.2) is 5.82 Å². The molecule has 0 atom stereocenters. The van der Waals surface area contributed by atoms with Crippen LogP contribution in [0.25, 0.3) is 5.82 Å². The predicted octanol–water partition coefficient (Wildman–Crippen LogP) is 2.75. The van der Waals surface area contributed by atoms with Gasteiger partial charge >= 0.3 is 12.3 Å². The van der Waals surface area contributed by atoms with Crippen molar-refractivity contribution in [3.05, 3.63) is 75.5 Å². The van der Waals surface area contributed by atoms with Crippen LogP contribution >= 0.6 is 11.6 Å². The topological polar surface area (TPSA) is 186 Å². The van der Waals surface area contributed by atoms with Crippen LogP contribution in [0.5, 0.6) is 0 Å². The molecule has 0 saturated carbocycles. The maximum absolute atomic E-state index is 13.7. The van der Waals surface area contributed by atoms with Crippen LogP contribution in [-0.4, -0.2) is 72.0 Å². The first-order valence-electron chi connectivity index (χ1n) is 11.9. The number of carbonyl (C=O) groups excluding carboxylic acids is 3. The molecule has 3 heterocycles. The van der Waals surface area contributed by atoms with Gasteiger partial charge in [-0.15, -0.1) is 10.2 Å². The van der Waals surface area contributed by atoms with Crippen LogP contribution in [0.1, 0.15) is 43.5 Å². The zero-order valence-corrected chi connectivity index (χ0v) is 23.1. The number of anilines is 1. The number of methoxy groups -OCH3 is 1. The molecule has 43 heavy (non-hydrogen) atoms. The van der Waals surface area contributed by atoms with Gasteiger partial charge in [0, 0.05) is 13.2 Å². The first-order chi connectivity index (χ1) is 20.3. The average molecular weight is 618 g/mol. The number of tetrazole rings is 1. The molecule has 15 nitrogen and oxygen atoms in total. The fraction of sp³-hybridized carbons (Fsp3) is 0.208. The van der Waals surface area contributed by atoms with E-state index in [-0.39, 0.29) is 39.0 Å². The third-order valence-electron chi connectivity index (χ3n) is 5.61. The highest BCUT2D eigenvalue weighted by atomic mass is 35.5. The number of aromatic nitrogens is 7. The lowest BCUT2D eigenvalue weighted by Crippen LogP contribution is -2.43. The molecule has 0 saturated heterocycles. The fourth-order valence-electron chi connectivity index (χ4n) is 3.70. The molecule has 0 fully saturated rings. The largest absolute Gasteiger partial charge is 0.455 e. The lowest BCUT2D eigenvalue weighted by Gasteiger charge is -2.19. The highest BCUT2D eigenvalue weighted by Gasteiger charge is 2.37. The van der Waals surface area contributed by atoms with Crippen molar-refractivity contribution in [3.8, 4) is 11.9 Å². The van der Waals surface area contributed by atoms with Gasteiger partial charge in [0.25, 0.3) is 17.6 Å². The summed E-state index contributed by atoms with van der Waals surface area (Å²) in [6, 6.07) is 8.78. The number of nitrogens with zero attached hydrogens (tertiary/aromatic N) is 9. The first-order valence-corrected chi connectivity index (χ1v) is 12.2. The molecule has 2 N–H and O–H groups in total. The van der Waals surface area contributed by atoms with Crippen molar-refractivity contribution < 1.29 is 32.3 Å². The van der Waals surface area contributed by atoms with Gasteiger partial charge in [-0.25, -0.2) is 19.5 Å². The average Bonchev–Trinajstić information content (AvgIpc) is 3.61. The molecule has 19 heteroatoms. The Labute approximate surface area is 244 Å². The second-order valence-corrected chi connectivity index (χ2v) is 9.04. The molecular formula is C24H19ClF3N11O4. The van der Waals surface area contributed by atoms with Gasteiger partial charge in [-0.2, -0.15) is 28.3 Å². The van der Waals surface area contributed by atoms with Crippen molar-refractivity contribution in [2.45, 2.75) is 19.6 Å². The summed E-state index contributed by atoms with van der Waals surface area (Å²) in [5, 5.41) is 26.8. The molecule has 1 aromatic carbocycles. The van der Waals surface area contributed by atoms with E-state index in [0.29, 0.717) is 10.4 Å². The number of hydrogen-bond acceptors (Lipinski definition) is 10. The van der Waals surface area contributed by atoms with E-state index >= 15 is 0 Å². The van der Waals surface area contributed by atoms with Gasteiger partial charge in [0.2, 0.25) is 0 Å². The van der Waals surface area contributed by atoms with Crippen molar-refractivity contribution in [1.82, 2.24) is 45.4 Å². The standard InChI is InChI=1S/C24H19ClF3N11O4/c1-12-7-13(10-29)8-15(20(40)34-37(2)23(42)43-3)18(12)31-21(41)17-9-14(11-38-35-22(32-36-38)24(26,27)28)33-39(17)19-16(25)5-4-6-30-19/h4-9H,11H2,1-3H3,(H,31,41)(H,34,40). The molecule has 0 radical (unpaired) electrons. The number of hydrogen-bond donors (Lipinski definition) is 2. The second kappa shape index (κ2) is 12.1. The van der Waals surface area contributed by atoms with Crippen LogP contribution in [0.15, 0.2) is 36.5 Å². The Bertz CT molecular complexity index is 1760. The Kier molecular flexibility index (Phi) is 8.56. The minimum atomic E-state index is -4.82. The minimum Gasteiger partial charge on any atom is -0.452 e. The number of aryl methyl sites for hydroxylation is 1. The number of alkyl halides is 3. The van der Waals surface area contributed by atoms with Gasteiger partial charge in [-0.3, -0.25) is 15.0 Å². The maximum Gasteiger partial charge on any atom is 0.455 e. The molecule has 0 aliphatic carbocycles. The maximum atomic E-state index is 13.7. The smallest absolute Gasteiger partial charge is 0.452 e. The zero-order valence-electron chi connectivity index (χ0n) is 22.3. The summed E-state index contributed by atoms with van der Waals surface area (Å²) in [6.45, 7) is 1.12. The Balaban J connectivity index is 1.74. The van der Waals surface area contributed by atoms with Crippen LogP contribution < -0.4 is 10.7 Å². The van der Waals surface area contributed by atoms with E-state index in [2.05, 4.69) is 41.0 Å². The molecule has 3 amide bonds. The third kappa shape index (κ3) is 6.68. The number of nitriles is 1. The number of benzene rings is 1. The van der Waals surface area contributed by atoms with Crippen LogP contribution in [0.2, 0.25) is 5.02 Å². The summed E-state index contributed by atoms with van der Waals surface area (Å²) in [4.78, 5) is 43.3. The number of pyridine rings is 1. The third-order valence-corrected chi connectivity index (χ3v) is 5.90. The number of amides is 3. The van der Waals surface area contributed by atoms with E-state index in [4.69, 9.17) is 11.6 Å². The number of carbonyl (C=O) groups is 3. The van der Waals surface area contributed by atoms with Gasteiger partial charge in [0.1, 0.15) is 12.2 Å². The van der Waals surface area contributed by atoms with Gasteiger partial charge in [-0.05, 0) is 48.0 Å². The van der Waals surface area contributed by atoms with Crippen LogP contribution in [0, 0.1) is 18.3 Å². The predicted molar refractivity (Wildman–Crippen MR) is 140 cm³/mol. The summed E-state index contributed by atoms with van der Waals surface area (Å²) in [7, 11) is 2.33. The summed E-state index contributed by atoms with van der Waals surface area (Å²) in [5.74, 6) is -3.15. The van der Waals surface area contributed by atoms with Gasteiger partial charge < -0.3 is 10.1 Å². The zero-order chi connectivity index (χ0) is 31.5. The molecule has 0 spiro atoms. The highest BCUT2D eigenvalue weighted by Crippen LogP contribution is 2.27. The summed E-state index contributed by atoms with van der Waals surface area (Å²) in [6.07, 6.45) is -4.33. The Morgan fingerprint density at radius 2 is 1.93 bits per heavy atom. The molecule has 0 aliphatic heterocycles. The Hall–Kier alpha value is -5.57. The molecule has 4 aromatic rings. The number of rotatable bonds is 6. The lowest BCUT2D eigenvalue weighted by atomic mass is 10.0. The quantitative estimate of drug-likeness (QED) is 0.305. The fourth-order valence-corrected chi connectivity index (χ4v) is 3.90. The highest BCUT2D eigenvalue weighted by molar-refractivity contribution is 6.32. The van der Waals surface area contributed by atoms with Crippen molar-refractivity contribution in [2.24, 2.45) is 0 Å². The minimum absolute atomic E-state index is 0.0114. The molecule has 222 valence electrons. The van der Waals surface area contributed by atoms with Crippen molar-refractivity contribution in [3.63, 3.8) is 0 Å². The van der Waals surface area contributed by atoms with E-state index in [0.717, 1.165) is 16.8 Å². The normalized spacial score (nSPS) is 11.0. The molecule has 0 bridgehead atoms. The number of halogens is 4. The second-order valence-electron chi connectivity index (χ2n) is 8.63. The van der Waals surface area contributed by atoms with E-state index in [9.17, 15) is 32.8 Å². The Morgan fingerprint density at radius 1 is 1.19 bits per heavy atom. The molecule has 4 rings (SSSR count). The summed E-state index contributed by atoms with van der Waals surface area (Å²) >= 11 is 6.28. The summed E-state index contributed by atoms with van der Waals surface area (Å²) < 4.78 is 44.4. The molecule has 0 unspecified atom stereocenters. The molecular weight excluding hydrogens is 599 g/mol. The van der Waals surface area contributed by atoms with E-state index in [1.165, 1.54) is 50.5 Å². The SMILES string of the molecule is COC(=O)N(C)NC(=O)c1cc(C#N)cc(C)c1NC(=O)c1cc(Cn2nnc(C(F)(F)F)n2)nn1-c1ncccc1Cl. The van der Waals surface area contributed by atoms with Crippen LogP contribution in [-0.2, 0) is 17.5 Å². The lowest BCUT2D eigenvalue weighted by molar-refractivity contribution is -0.145. The van der Waals surface area contributed by atoms with E-state index in [1.54, 1.807) is 0 Å². The number of ether oxygens (including phenoxy) is 1. The van der Waals surface area contributed by atoms with Gasteiger partial charge in [-0.1, -0.05) is 11.6 Å². The van der Waals surface area contributed by atoms with E-state index < -0.39 is 36.5 Å². The summed E-state index contributed by atoms with van der Waals surface area (Å²) in [5.41, 5.74) is 2.34. The Morgan fingerprint density at radius 3 is 2.56 bits per heavy atom. The monoisotopic (exact) mass is 617 g/mol. The van der Waals surface area contributed by atoms with E-state index in [1.807, 2.05) is 6.07 Å². The van der Waals surface area contributed by atoms with Gasteiger partial charge in [0.05, 0.1) is 40.7 Å². The van der Waals surface area contributed by atoms with Crippen molar-refractivity contribution in [1.29, 1.82) is 5.26 Å². The van der Waals surface area contributed by atoms with Crippen LogP contribution in [0.3, 0.4) is 0 Å². The van der Waals surface area contributed by atoms with Crippen molar-refractivity contribution in [2.75, 3.05) is 19.5 Å². The number of nitrogens with one attached hydrogen (secondary N) is 2. The molecule has 0 aliphatic rings. The molecule has 3 aromatic heterocycles. The number of hydrazine groups is 1. The first kappa shape index (κ1) is 30.4. The van der Waals surface area contributed by atoms with Crippen LogP contribution in [0.4, 0.5) is 23.7 Å².